The lowest BCUT2D eigenvalue weighted by Crippen LogP contribution is -2.42. The number of benzene rings is 2. The van der Waals surface area contributed by atoms with E-state index in [2.05, 4.69) is 27.3 Å². The Kier molecular flexibility index (Phi) is 8.35. The van der Waals surface area contributed by atoms with Crippen molar-refractivity contribution in [2.45, 2.75) is 26.5 Å². The van der Waals surface area contributed by atoms with E-state index in [-0.39, 0.29) is 17.3 Å². The van der Waals surface area contributed by atoms with Crippen LogP contribution in [-0.2, 0) is 20.9 Å². The van der Waals surface area contributed by atoms with Gasteiger partial charge in [-0.25, -0.2) is 9.18 Å². The van der Waals surface area contributed by atoms with E-state index in [4.69, 9.17) is 9.47 Å². The lowest BCUT2D eigenvalue weighted by Gasteiger charge is -2.18. The molecule has 0 saturated carbocycles. The fourth-order valence-corrected chi connectivity index (χ4v) is 4.74. The summed E-state index contributed by atoms with van der Waals surface area (Å²) in [6, 6.07) is 8.50. The predicted octanol–water partition coefficient (Wildman–Crippen LogP) is 5.01. The number of hydrogen-bond acceptors (Lipinski definition) is 7. The Balaban J connectivity index is 1.86. The molecule has 7 nitrogen and oxygen atoms in total. The molecule has 2 aromatic carbocycles. The molecule has 0 aliphatic carbocycles. The van der Waals surface area contributed by atoms with E-state index in [1.807, 2.05) is 6.92 Å². The molecule has 3 rings (SSSR count). The SMILES string of the molecule is CCOc1cc(/C=C2/SC(=O)N([C@@H](C)C(=O)OC)C2=O)cc(I)c1OCc1ccc(F)cc1. The van der Waals surface area contributed by atoms with Crippen LogP contribution in [0.3, 0.4) is 0 Å². The molecule has 0 N–H and O–H groups in total. The van der Waals surface area contributed by atoms with Crippen LogP contribution in [0.25, 0.3) is 6.08 Å². The maximum Gasteiger partial charge on any atom is 0.328 e. The second-order valence-electron chi connectivity index (χ2n) is 6.93. The van der Waals surface area contributed by atoms with Crippen LogP contribution >= 0.6 is 34.4 Å². The maximum absolute atomic E-state index is 13.1. The first-order chi connectivity index (χ1) is 15.7. The second kappa shape index (κ2) is 11.0. The van der Waals surface area contributed by atoms with Gasteiger partial charge in [-0.05, 0) is 89.7 Å². The highest BCUT2D eigenvalue weighted by Crippen LogP contribution is 2.38. The summed E-state index contributed by atoms with van der Waals surface area (Å²) in [7, 11) is 1.20. The van der Waals surface area contributed by atoms with Crippen LogP contribution in [0.1, 0.15) is 25.0 Å². The second-order valence-corrected chi connectivity index (χ2v) is 9.08. The molecule has 0 aromatic heterocycles. The summed E-state index contributed by atoms with van der Waals surface area (Å²) in [4.78, 5) is 37.9. The van der Waals surface area contributed by atoms with Gasteiger partial charge in [0.15, 0.2) is 11.5 Å². The first-order valence-corrected chi connectivity index (χ1v) is 11.8. The molecule has 1 aliphatic heterocycles. The number of carbonyl (C=O) groups is 3. The zero-order valence-corrected chi connectivity index (χ0v) is 21.1. The normalized spacial score (nSPS) is 15.7. The molecule has 0 unspecified atom stereocenters. The lowest BCUT2D eigenvalue weighted by molar-refractivity contribution is -0.148. The zero-order chi connectivity index (χ0) is 24.1. The molecule has 0 bridgehead atoms. The third-order valence-electron chi connectivity index (χ3n) is 4.68. The molecule has 0 spiro atoms. The van der Waals surface area contributed by atoms with Crippen molar-refractivity contribution < 1.29 is 33.0 Å². The largest absolute Gasteiger partial charge is 0.490 e. The number of carbonyl (C=O) groups excluding carboxylic acids is 3. The smallest absolute Gasteiger partial charge is 0.328 e. The van der Waals surface area contributed by atoms with E-state index in [0.29, 0.717) is 23.7 Å². The van der Waals surface area contributed by atoms with Gasteiger partial charge in [0.25, 0.3) is 11.1 Å². The van der Waals surface area contributed by atoms with Crippen molar-refractivity contribution in [3.8, 4) is 11.5 Å². The minimum atomic E-state index is -1.02. The van der Waals surface area contributed by atoms with Gasteiger partial charge >= 0.3 is 5.97 Å². The summed E-state index contributed by atoms with van der Waals surface area (Å²) < 4.78 is 30.2. The summed E-state index contributed by atoms with van der Waals surface area (Å²) in [5, 5.41) is -0.539. The van der Waals surface area contributed by atoms with Gasteiger partial charge in [0.2, 0.25) is 0 Å². The number of thioether (sulfide) groups is 1. The number of halogens is 2. The van der Waals surface area contributed by atoms with Gasteiger partial charge in [-0.1, -0.05) is 12.1 Å². The number of imide groups is 1. The quantitative estimate of drug-likeness (QED) is 0.245. The van der Waals surface area contributed by atoms with Crippen molar-refractivity contribution in [2.75, 3.05) is 13.7 Å². The molecule has 174 valence electrons. The number of rotatable bonds is 8. The van der Waals surface area contributed by atoms with Crippen molar-refractivity contribution in [2.24, 2.45) is 0 Å². The van der Waals surface area contributed by atoms with Gasteiger partial charge in [0.1, 0.15) is 18.5 Å². The Morgan fingerprint density at radius 1 is 1.21 bits per heavy atom. The molecule has 2 amide bonds. The number of hydrogen-bond donors (Lipinski definition) is 0. The minimum Gasteiger partial charge on any atom is -0.490 e. The van der Waals surface area contributed by atoms with Crippen molar-refractivity contribution in [1.82, 2.24) is 4.90 Å². The highest BCUT2D eigenvalue weighted by Gasteiger charge is 2.41. The third-order valence-corrected chi connectivity index (χ3v) is 6.36. The van der Waals surface area contributed by atoms with E-state index < -0.39 is 23.2 Å². The van der Waals surface area contributed by atoms with Crippen LogP contribution < -0.4 is 9.47 Å². The van der Waals surface area contributed by atoms with E-state index in [9.17, 15) is 18.8 Å². The number of amides is 2. The van der Waals surface area contributed by atoms with Crippen molar-refractivity contribution in [1.29, 1.82) is 0 Å². The molecule has 0 radical (unpaired) electrons. The average molecular weight is 585 g/mol. The van der Waals surface area contributed by atoms with Crippen molar-refractivity contribution >= 4 is 57.5 Å². The molecular weight excluding hydrogens is 564 g/mol. The molecule has 33 heavy (non-hydrogen) atoms. The van der Waals surface area contributed by atoms with Crippen LogP contribution in [0.15, 0.2) is 41.3 Å². The molecular formula is C23H21FINO6S. The number of ether oxygens (including phenoxy) is 3. The van der Waals surface area contributed by atoms with Gasteiger partial charge in [-0.15, -0.1) is 0 Å². The van der Waals surface area contributed by atoms with Gasteiger partial charge in [0, 0.05) is 0 Å². The van der Waals surface area contributed by atoms with Crippen LogP contribution in [0.2, 0.25) is 0 Å². The molecule has 10 heteroatoms. The average Bonchev–Trinajstić information content (AvgIpc) is 3.06. The van der Waals surface area contributed by atoms with Crippen LogP contribution in [0.5, 0.6) is 11.5 Å². The maximum atomic E-state index is 13.1. The number of methoxy groups -OCH3 is 1. The van der Waals surface area contributed by atoms with Gasteiger partial charge in [-0.2, -0.15) is 0 Å². The topological polar surface area (TPSA) is 82.1 Å². The first kappa shape index (κ1) is 25.0. The van der Waals surface area contributed by atoms with E-state index >= 15 is 0 Å². The number of esters is 1. The predicted molar refractivity (Wildman–Crippen MR) is 130 cm³/mol. The zero-order valence-electron chi connectivity index (χ0n) is 18.1. The minimum absolute atomic E-state index is 0.189. The number of nitrogens with zero attached hydrogens (tertiary/aromatic N) is 1. The Bertz CT molecular complexity index is 1100. The monoisotopic (exact) mass is 585 g/mol. The Hall–Kier alpha value is -2.60. The molecule has 1 heterocycles. The third kappa shape index (κ3) is 5.85. The summed E-state index contributed by atoms with van der Waals surface area (Å²) in [5.74, 6) is -0.564. The van der Waals surface area contributed by atoms with Crippen LogP contribution in [0, 0.1) is 9.39 Å². The lowest BCUT2D eigenvalue weighted by atomic mass is 10.1. The fourth-order valence-electron chi connectivity index (χ4n) is 3.05. The Labute approximate surface area is 208 Å². The van der Waals surface area contributed by atoms with E-state index in [1.165, 1.54) is 26.2 Å². The Morgan fingerprint density at radius 2 is 1.91 bits per heavy atom. The summed E-state index contributed by atoms with van der Waals surface area (Å²) >= 11 is 2.86. The molecule has 2 aromatic rings. The first-order valence-electron chi connectivity index (χ1n) is 9.93. The van der Waals surface area contributed by atoms with Gasteiger partial charge < -0.3 is 14.2 Å². The standard InChI is InChI=1S/C23H21FINO6S/c1-4-31-18-10-15(9-17(25)20(18)32-12-14-5-7-16(24)8-6-14)11-19-21(27)26(23(29)33-19)13(2)22(28)30-3/h5-11,13H,4,12H2,1-3H3/b19-11+/t13-/m0/s1. The summed E-state index contributed by atoms with van der Waals surface area (Å²) in [6.45, 7) is 3.89. The summed E-state index contributed by atoms with van der Waals surface area (Å²) in [5.41, 5.74) is 1.43. The highest BCUT2D eigenvalue weighted by atomic mass is 127. The molecule has 1 atom stereocenters. The van der Waals surface area contributed by atoms with Crippen LogP contribution in [-0.4, -0.2) is 41.8 Å². The van der Waals surface area contributed by atoms with Crippen molar-refractivity contribution in [3.05, 3.63) is 61.8 Å². The van der Waals surface area contributed by atoms with Crippen LogP contribution in [0.4, 0.5) is 9.18 Å². The Morgan fingerprint density at radius 3 is 2.55 bits per heavy atom. The molecule has 1 saturated heterocycles. The van der Waals surface area contributed by atoms with Crippen molar-refractivity contribution in [3.63, 3.8) is 0 Å². The van der Waals surface area contributed by atoms with E-state index in [1.54, 1.807) is 30.3 Å². The van der Waals surface area contributed by atoms with E-state index in [0.717, 1.165) is 25.8 Å². The highest BCUT2D eigenvalue weighted by molar-refractivity contribution is 14.1. The van der Waals surface area contributed by atoms with Gasteiger partial charge in [-0.3, -0.25) is 14.5 Å². The molecule has 1 aliphatic rings. The summed E-state index contributed by atoms with van der Waals surface area (Å²) in [6.07, 6.45) is 1.57. The fraction of sp³-hybridized carbons (Fsp3) is 0.261. The molecule has 1 fully saturated rings. The van der Waals surface area contributed by atoms with Gasteiger partial charge in [0.05, 0.1) is 22.2 Å².